The third-order valence-corrected chi connectivity index (χ3v) is 3.06. The van der Waals surface area contributed by atoms with E-state index >= 15 is 0 Å². The zero-order valence-electron chi connectivity index (χ0n) is 12.7. The molecular formula is C16H15N3O4. The number of benzene rings is 2. The lowest BCUT2D eigenvalue weighted by molar-refractivity contribution is -0.383. The van der Waals surface area contributed by atoms with Gasteiger partial charge in [-0.15, -0.1) is 0 Å². The predicted octanol–water partition coefficient (Wildman–Crippen LogP) is 3.62. The molecule has 0 saturated carbocycles. The maximum absolute atomic E-state index is 11.1. The summed E-state index contributed by atoms with van der Waals surface area (Å²) in [6.07, 6.45) is 0. The first-order chi connectivity index (χ1) is 11.1. The molecule has 0 aliphatic carbocycles. The summed E-state index contributed by atoms with van der Waals surface area (Å²) >= 11 is 0. The number of hydrogen-bond donors (Lipinski definition) is 1. The largest absolute Gasteiger partial charge is 0.493 e. The van der Waals surface area contributed by atoms with Crippen LogP contribution in [0.15, 0.2) is 36.4 Å². The van der Waals surface area contributed by atoms with Gasteiger partial charge in [0.25, 0.3) is 5.69 Å². The molecule has 0 saturated heterocycles. The van der Waals surface area contributed by atoms with Crippen molar-refractivity contribution in [1.29, 1.82) is 5.26 Å². The summed E-state index contributed by atoms with van der Waals surface area (Å²) in [6.45, 7) is 2.36. The molecule has 0 heterocycles. The Labute approximate surface area is 133 Å². The summed E-state index contributed by atoms with van der Waals surface area (Å²) in [5.74, 6) is 1.09. The molecular weight excluding hydrogens is 298 g/mol. The van der Waals surface area contributed by atoms with Crippen LogP contribution in [0.3, 0.4) is 0 Å². The van der Waals surface area contributed by atoms with Gasteiger partial charge in [-0.2, -0.15) is 5.26 Å². The monoisotopic (exact) mass is 313 g/mol. The summed E-state index contributed by atoms with van der Waals surface area (Å²) in [4.78, 5) is 10.6. The fraction of sp³-hybridized carbons (Fsp3) is 0.188. The van der Waals surface area contributed by atoms with E-state index in [-0.39, 0.29) is 11.4 Å². The van der Waals surface area contributed by atoms with Crippen molar-refractivity contribution < 1.29 is 14.4 Å². The average molecular weight is 313 g/mol. The van der Waals surface area contributed by atoms with Crippen molar-refractivity contribution in [3.05, 3.63) is 52.1 Å². The van der Waals surface area contributed by atoms with Crippen LogP contribution in [0.1, 0.15) is 12.5 Å². The van der Waals surface area contributed by atoms with Gasteiger partial charge in [0.05, 0.1) is 30.3 Å². The van der Waals surface area contributed by atoms with E-state index in [2.05, 4.69) is 5.32 Å². The van der Waals surface area contributed by atoms with Gasteiger partial charge in [0.15, 0.2) is 11.5 Å². The van der Waals surface area contributed by atoms with E-state index in [0.717, 1.165) is 0 Å². The summed E-state index contributed by atoms with van der Waals surface area (Å²) in [7, 11) is 1.51. The van der Waals surface area contributed by atoms with Crippen LogP contribution in [0.4, 0.5) is 17.1 Å². The van der Waals surface area contributed by atoms with Crippen LogP contribution in [0.5, 0.6) is 11.5 Å². The first-order valence-corrected chi connectivity index (χ1v) is 6.85. The Morgan fingerprint density at radius 1 is 1.26 bits per heavy atom. The van der Waals surface area contributed by atoms with Gasteiger partial charge >= 0.3 is 0 Å². The number of anilines is 2. The number of rotatable bonds is 6. The topological polar surface area (TPSA) is 97.4 Å². The number of nitro benzene ring substituents is 1. The normalized spacial score (nSPS) is 9.78. The number of hydrogen-bond acceptors (Lipinski definition) is 6. The molecule has 2 rings (SSSR count). The lowest BCUT2D eigenvalue weighted by atomic mass is 10.1. The molecule has 1 N–H and O–H groups in total. The first kappa shape index (κ1) is 16.1. The molecule has 7 heteroatoms. The molecule has 0 spiro atoms. The number of nitrogens with zero attached hydrogens (tertiary/aromatic N) is 2. The molecule has 23 heavy (non-hydrogen) atoms. The number of methoxy groups -OCH3 is 1. The van der Waals surface area contributed by atoms with Crippen molar-refractivity contribution >= 4 is 17.1 Å². The minimum atomic E-state index is -0.505. The van der Waals surface area contributed by atoms with Gasteiger partial charge < -0.3 is 14.8 Å². The molecule has 2 aromatic carbocycles. The van der Waals surface area contributed by atoms with Gasteiger partial charge in [-0.1, -0.05) is 0 Å². The van der Waals surface area contributed by atoms with Crippen molar-refractivity contribution in [1.82, 2.24) is 0 Å². The SMILES string of the molecule is CCOc1ccc(Nc2cc(C#N)ccc2[N+](=O)[O-])cc1OC. The van der Waals surface area contributed by atoms with E-state index in [1.165, 1.54) is 25.3 Å². The van der Waals surface area contributed by atoms with Crippen molar-refractivity contribution in [2.75, 3.05) is 19.0 Å². The fourth-order valence-electron chi connectivity index (χ4n) is 2.04. The van der Waals surface area contributed by atoms with Gasteiger partial charge in [0.1, 0.15) is 5.69 Å². The first-order valence-electron chi connectivity index (χ1n) is 6.85. The molecule has 0 aliphatic rings. The van der Waals surface area contributed by atoms with Crippen LogP contribution in [-0.4, -0.2) is 18.6 Å². The Balaban J connectivity index is 2.39. The Bertz CT molecular complexity index is 768. The molecule has 0 radical (unpaired) electrons. The number of ether oxygens (including phenoxy) is 2. The maximum atomic E-state index is 11.1. The van der Waals surface area contributed by atoms with Crippen LogP contribution in [0, 0.1) is 21.4 Å². The summed E-state index contributed by atoms with van der Waals surface area (Å²) in [6, 6.07) is 11.2. The van der Waals surface area contributed by atoms with Crippen LogP contribution < -0.4 is 14.8 Å². The van der Waals surface area contributed by atoms with E-state index < -0.39 is 4.92 Å². The van der Waals surface area contributed by atoms with Gasteiger partial charge in [-0.05, 0) is 31.2 Å². The van der Waals surface area contributed by atoms with Crippen LogP contribution in [0.25, 0.3) is 0 Å². The van der Waals surface area contributed by atoms with Crippen molar-refractivity contribution in [2.24, 2.45) is 0 Å². The molecule has 2 aromatic rings. The number of nitriles is 1. The molecule has 118 valence electrons. The molecule has 0 aliphatic heterocycles. The Kier molecular flexibility index (Phi) is 5.00. The zero-order chi connectivity index (χ0) is 16.8. The summed E-state index contributed by atoms with van der Waals surface area (Å²) in [5.41, 5.74) is 1.04. The molecule has 0 amide bonds. The lowest BCUT2D eigenvalue weighted by Crippen LogP contribution is -1.99. The highest BCUT2D eigenvalue weighted by Crippen LogP contribution is 2.34. The second-order valence-corrected chi connectivity index (χ2v) is 4.52. The zero-order valence-corrected chi connectivity index (χ0v) is 12.7. The van der Waals surface area contributed by atoms with Crippen LogP contribution in [-0.2, 0) is 0 Å². The van der Waals surface area contributed by atoms with E-state index in [0.29, 0.717) is 29.4 Å². The standard InChI is InChI=1S/C16H15N3O4/c1-3-23-15-7-5-12(9-16(15)22-2)18-13-8-11(10-17)4-6-14(13)19(20)21/h4-9,18H,3H2,1-2H3. The minimum absolute atomic E-state index is 0.114. The molecule has 0 aromatic heterocycles. The van der Waals surface area contributed by atoms with E-state index in [9.17, 15) is 10.1 Å². The number of nitrogens with one attached hydrogen (secondary N) is 1. The van der Waals surface area contributed by atoms with E-state index in [4.69, 9.17) is 14.7 Å². The highest BCUT2D eigenvalue weighted by atomic mass is 16.6. The van der Waals surface area contributed by atoms with Crippen molar-refractivity contribution in [2.45, 2.75) is 6.92 Å². The highest BCUT2D eigenvalue weighted by Gasteiger charge is 2.15. The second-order valence-electron chi connectivity index (χ2n) is 4.52. The predicted molar refractivity (Wildman–Crippen MR) is 85.3 cm³/mol. The minimum Gasteiger partial charge on any atom is -0.493 e. The third-order valence-electron chi connectivity index (χ3n) is 3.06. The van der Waals surface area contributed by atoms with Gasteiger partial charge in [0.2, 0.25) is 0 Å². The fourth-order valence-corrected chi connectivity index (χ4v) is 2.04. The van der Waals surface area contributed by atoms with E-state index in [1.54, 1.807) is 18.2 Å². The number of nitro groups is 1. The Morgan fingerprint density at radius 3 is 2.65 bits per heavy atom. The highest BCUT2D eigenvalue weighted by molar-refractivity contribution is 5.72. The summed E-state index contributed by atoms with van der Waals surface area (Å²) in [5, 5.41) is 23.0. The smallest absolute Gasteiger partial charge is 0.292 e. The van der Waals surface area contributed by atoms with Crippen molar-refractivity contribution in [3.63, 3.8) is 0 Å². The van der Waals surface area contributed by atoms with Crippen LogP contribution >= 0.6 is 0 Å². The molecule has 0 unspecified atom stereocenters. The third kappa shape index (κ3) is 3.68. The molecule has 7 nitrogen and oxygen atoms in total. The Morgan fingerprint density at radius 2 is 2.04 bits per heavy atom. The molecule has 0 fully saturated rings. The van der Waals surface area contributed by atoms with Crippen LogP contribution in [0.2, 0.25) is 0 Å². The second kappa shape index (κ2) is 7.13. The van der Waals surface area contributed by atoms with Gasteiger partial charge in [-0.3, -0.25) is 10.1 Å². The molecule has 0 atom stereocenters. The van der Waals surface area contributed by atoms with Gasteiger partial charge in [-0.25, -0.2) is 0 Å². The lowest BCUT2D eigenvalue weighted by Gasteiger charge is -2.12. The summed E-state index contributed by atoms with van der Waals surface area (Å²) < 4.78 is 10.7. The van der Waals surface area contributed by atoms with E-state index in [1.807, 2.05) is 13.0 Å². The quantitative estimate of drug-likeness (QED) is 0.646. The average Bonchev–Trinajstić information content (AvgIpc) is 2.56. The Hall–Kier alpha value is -3.27. The maximum Gasteiger partial charge on any atom is 0.292 e. The van der Waals surface area contributed by atoms with Crippen molar-refractivity contribution in [3.8, 4) is 17.6 Å². The molecule has 0 bridgehead atoms. The van der Waals surface area contributed by atoms with Gasteiger partial charge in [0, 0.05) is 17.8 Å².